The van der Waals surface area contributed by atoms with Crippen LogP contribution in [0.5, 0.6) is 0 Å². The zero-order valence-electron chi connectivity index (χ0n) is 9.44. The van der Waals surface area contributed by atoms with Crippen molar-refractivity contribution in [1.29, 1.82) is 0 Å². The third-order valence-electron chi connectivity index (χ3n) is 3.46. The first-order valence-electron chi connectivity index (χ1n) is 5.96. The Balaban J connectivity index is 2.06. The van der Waals surface area contributed by atoms with Gasteiger partial charge in [0.05, 0.1) is 15.4 Å². The fourth-order valence-electron chi connectivity index (χ4n) is 2.65. The van der Waals surface area contributed by atoms with Crippen LogP contribution >= 0.6 is 38.5 Å². The number of anilines is 1. The first kappa shape index (κ1) is 12.0. The fourth-order valence-corrected chi connectivity index (χ4v) is 3.60. The molecule has 4 heteroatoms. The molecule has 2 nitrogen and oxygen atoms in total. The zero-order chi connectivity index (χ0) is 11.8. The largest absolute Gasteiger partial charge is 0.323 e. The third kappa shape index (κ3) is 2.14. The molecule has 0 amide bonds. The number of aryl methyl sites for hydroxylation is 1. The predicted octanol–water partition coefficient (Wildman–Crippen LogP) is 3.77. The summed E-state index contributed by atoms with van der Waals surface area (Å²) >= 11 is 6.16. The summed E-state index contributed by atoms with van der Waals surface area (Å²) in [7, 11) is 0. The standard InChI is InChI=1S/C13H14BrIN2/c14-13(15)11-8-16-12-7-3-5-9-4-1-2-6-10(9)17(11)12/h1-2,4,6,11,13H,3,5,7-8H2. The average molecular weight is 405 g/mol. The molecule has 0 aromatic heterocycles. The minimum absolute atomic E-state index is 0.438. The molecule has 0 spiro atoms. The minimum atomic E-state index is 0.438. The minimum Gasteiger partial charge on any atom is -0.323 e. The number of nitrogens with zero attached hydrogens (tertiary/aromatic N) is 2. The number of hydrogen-bond acceptors (Lipinski definition) is 2. The van der Waals surface area contributed by atoms with E-state index in [1.54, 1.807) is 0 Å². The van der Waals surface area contributed by atoms with E-state index in [-0.39, 0.29) is 0 Å². The van der Waals surface area contributed by atoms with E-state index in [1.165, 1.54) is 29.9 Å². The zero-order valence-corrected chi connectivity index (χ0v) is 13.2. The fraction of sp³-hybridized carbons (Fsp3) is 0.462. The van der Waals surface area contributed by atoms with Crippen molar-refractivity contribution in [3.05, 3.63) is 29.8 Å². The lowest BCUT2D eigenvalue weighted by Crippen LogP contribution is -2.40. The molecule has 90 valence electrons. The van der Waals surface area contributed by atoms with Crippen LogP contribution in [0.25, 0.3) is 0 Å². The summed E-state index contributed by atoms with van der Waals surface area (Å²) in [5.74, 6) is 1.28. The maximum absolute atomic E-state index is 4.73. The van der Waals surface area contributed by atoms with Gasteiger partial charge in [-0.1, -0.05) is 56.7 Å². The lowest BCUT2D eigenvalue weighted by molar-refractivity contribution is 0.786. The summed E-state index contributed by atoms with van der Waals surface area (Å²) < 4.78 is 0.438. The summed E-state index contributed by atoms with van der Waals surface area (Å²) in [6, 6.07) is 9.23. The second kappa shape index (κ2) is 4.88. The maximum Gasteiger partial charge on any atom is 0.104 e. The van der Waals surface area contributed by atoms with Crippen molar-refractivity contribution in [3.8, 4) is 0 Å². The molecule has 1 aromatic carbocycles. The number of aliphatic imine (C=N–C) groups is 1. The van der Waals surface area contributed by atoms with Gasteiger partial charge >= 0.3 is 0 Å². The summed E-state index contributed by atoms with van der Waals surface area (Å²) in [6.07, 6.45) is 3.50. The maximum atomic E-state index is 4.73. The highest BCUT2D eigenvalue weighted by molar-refractivity contribution is 14.1. The highest BCUT2D eigenvalue weighted by Gasteiger charge is 2.34. The third-order valence-corrected chi connectivity index (χ3v) is 4.90. The molecule has 2 atom stereocenters. The van der Waals surface area contributed by atoms with E-state index in [0.29, 0.717) is 8.88 Å². The van der Waals surface area contributed by atoms with E-state index in [9.17, 15) is 0 Å². The molecule has 0 N–H and O–H groups in total. The van der Waals surface area contributed by atoms with Gasteiger partial charge in [-0.2, -0.15) is 0 Å². The van der Waals surface area contributed by atoms with Crippen molar-refractivity contribution in [2.24, 2.45) is 4.99 Å². The van der Waals surface area contributed by atoms with Crippen LogP contribution in [0.15, 0.2) is 29.3 Å². The number of amidine groups is 1. The number of para-hydroxylation sites is 1. The van der Waals surface area contributed by atoms with Gasteiger partial charge in [0.1, 0.15) is 5.84 Å². The Bertz CT molecular complexity index is 458. The number of rotatable bonds is 1. The number of alkyl halides is 2. The molecule has 3 rings (SSSR count). The smallest absolute Gasteiger partial charge is 0.104 e. The molecule has 17 heavy (non-hydrogen) atoms. The van der Waals surface area contributed by atoms with Gasteiger partial charge in [-0.05, 0) is 24.5 Å². The van der Waals surface area contributed by atoms with Gasteiger partial charge in [0.25, 0.3) is 0 Å². The molecular weight excluding hydrogens is 391 g/mol. The molecule has 2 unspecified atom stereocenters. The van der Waals surface area contributed by atoms with Crippen LogP contribution in [0.2, 0.25) is 0 Å². The van der Waals surface area contributed by atoms with Crippen LogP contribution in [0.4, 0.5) is 5.69 Å². The summed E-state index contributed by atoms with van der Waals surface area (Å²) in [5, 5.41) is 0. The monoisotopic (exact) mass is 404 g/mol. The van der Waals surface area contributed by atoms with E-state index >= 15 is 0 Å². The first-order chi connectivity index (χ1) is 8.27. The number of halogens is 2. The summed E-state index contributed by atoms with van der Waals surface area (Å²) in [6.45, 7) is 0.919. The highest BCUT2D eigenvalue weighted by atomic mass is 127. The van der Waals surface area contributed by atoms with Crippen molar-refractivity contribution >= 4 is 50.0 Å². The van der Waals surface area contributed by atoms with Gasteiger partial charge in [-0.25, -0.2) is 0 Å². The SMILES string of the molecule is BrC(I)C1CN=C2CCCc3ccccc3N21. The summed E-state index contributed by atoms with van der Waals surface area (Å²) in [5.41, 5.74) is 2.83. The van der Waals surface area contributed by atoms with Crippen LogP contribution < -0.4 is 4.90 Å². The van der Waals surface area contributed by atoms with E-state index in [1.807, 2.05) is 0 Å². The molecule has 0 saturated heterocycles. The molecule has 2 heterocycles. The molecule has 0 fully saturated rings. The van der Waals surface area contributed by atoms with Crippen molar-refractivity contribution in [2.45, 2.75) is 28.1 Å². The predicted molar refractivity (Wildman–Crippen MR) is 84.7 cm³/mol. The van der Waals surface area contributed by atoms with E-state index in [0.717, 1.165) is 13.0 Å². The normalized spacial score (nSPS) is 24.7. The Morgan fingerprint density at radius 2 is 2.18 bits per heavy atom. The van der Waals surface area contributed by atoms with Crippen LogP contribution in [0.1, 0.15) is 18.4 Å². The number of benzene rings is 1. The van der Waals surface area contributed by atoms with Gasteiger partial charge in [0, 0.05) is 12.1 Å². The van der Waals surface area contributed by atoms with Crippen LogP contribution in [-0.2, 0) is 6.42 Å². The second-order valence-electron chi connectivity index (χ2n) is 4.51. The molecule has 0 aliphatic carbocycles. The first-order valence-corrected chi connectivity index (χ1v) is 8.12. The lowest BCUT2D eigenvalue weighted by Gasteiger charge is -2.29. The summed E-state index contributed by atoms with van der Waals surface area (Å²) in [4.78, 5) is 7.18. The quantitative estimate of drug-likeness (QED) is 0.514. The Hall–Kier alpha value is -0.100. The van der Waals surface area contributed by atoms with Crippen LogP contribution in [-0.4, -0.2) is 21.3 Å². The van der Waals surface area contributed by atoms with Crippen LogP contribution in [0, 0.1) is 0 Å². The second-order valence-corrected chi connectivity index (χ2v) is 8.55. The Morgan fingerprint density at radius 3 is 3.00 bits per heavy atom. The Kier molecular flexibility index (Phi) is 3.43. The molecule has 0 bridgehead atoms. The Labute approximate surface area is 124 Å². The average Bonchev–Trinajstić information content (AvgIpc) is 2.66. The lowest BCUT2D eigenvalue weighted by atomic mass is 10.1. The molecule has 0 radical (unpaired) electrons. The van der Waals surface area contributed by atoms with Gasteiger partial charge < -0.3 is 4.90 Å². The Morgan fingerprint density at radius 1 is 1.35 bits per heavy atom. The van der Waals surface area contributed by atoms with Crippen molar-refractivity contribution in [1.82, 2.24) is 0 Å². The number of fused-ring (bicyclic) bond motifs is 3. The molecule has 2 aliphatic rings. The molecule has 0 saturated carbocycles. The van der Waals surface area contributed by atoms with E-state index < -0.39 is 0 Å². The topological polar surface area (TPSA) is 15.6 Å². The van der Waals surface area contributed by atoms with Gasteiger partial charge in [0.2, 0.25) is 0 Å². The molecule has 2 aliphatic heterocycles. The number of hydrogen-bond donors (Lipinski definition) is 0. The molecule has 1 aromatic rings. The van der Waals surface area contributed by atoms with E-state index in [4.69, 9.17) is 4.99 Å². The van der Waals surface area contributed by atoms with Crippen molar-refractivity contribution in [3.63, 3.8) is 0 Å². The van der Waals surface area contributed by atoms with Crippen molar-refractivity contribution < 1.29 is 0 Å². The van der Waals surface area contributed by atoms with E-state index in [2.05, 4.69) is 67.7 Å². The van der Waals surface area contributed by atoms with Crippen molar-refractivity contribution in [2.75, 3.05) is 11.4 Å². The highest BCUT2D eigenvalue weighted by Crippen LogP contribution is 2.35. The van der Waals surface area contributed by atoms with Gasteiger partial charge in [-0.3, -0.25) is 4.99 Å². The van der Waals surface area contributed by atoms with Gasteiger partial charge in [-0.15, -0.1) is 0 Å². The molecular formula is C13H14BrIN2. The van der Waals surface area contributed by atoms with Crippen LogP contribution in [0.3, 0.4) is 0 Å². The van der Waals surface area contributed by atoms with Gasteiger partial charge in [0.15, 0.2) is 0 Å².